The summed E-state index contributed by atoms with van der Waals surface area (Å²) in [7, 11) is 0. The minimum Gasteiger partial charge on any atom is -0.319 e. The van der Waals surface area contributed by atoms with Crippen LogP contribution in [0.25, 0.3) is 11.3 Å². The Morgan fingerprint density at radius 1 is 1.13 bits per heavy atom. The number of H-pyrrole nitrogens is 1. The molecule has 4 nitrogen and oxygen atoms in total. The molecule has 3 aromatic rings. The van der Waals surface area contributed by atoms with Gasteiger partial charge in [0, 0.05) is 10.6 Å². The van der Waals surface area contributed by atoms with Gasteiger partial charge in [-0.3, -0.25) is 9.89 Å². The summed E-state index contributed by atoms with van der Waals surface area (Å²) in [6.45, 7) is 1.88. The van der Waals surface area contributed by atoms with Gasteiger partial charge in [-0.2, -0.15) is 5.10 Å². The van der Waals surface area contributed by atoms with Crippen molar-refractivity contribution in [3.63, 3.8) is 0 Å². The second-order valence-electron chi connectivity index (χ2n) is 5.06. The molecule has 0 saturated heterocycles. The lowest BCUT2D eigenvalue weighted by Crippen LogP contribution is -2.13. The number of nitrogens with zero attached hydrogens (tertiary/aromatic N) is 1. The maximum absolute atomic E-state index is 12.4. The molecular formula is C17H13Cl2N3O. The molecule has 0 unspecified atom stereocenters. The van der Waals surface area contributed by atoms with Crippen molar-refractivity contribution in [2.45, 2.75) is 6.92 Å². The highest BCUT2D eigenvalue weighted by Gasteiger charge is 2.14. The van der Waals surface area contributed by atoms with Crippen molar-refractivity contribution in [1.29, 1.82) is 0 Å². The second-order valence-corrected chi connectivity index (χ2v) is 5.91. The summed E-state index contributed by atoms with van der Waals surface area (Å²) < 4.78 is 0. The van der Waals surface area contributed by atoms with Gasteiger partial charge in [0.1, 0.15) is 5.69 Å². The van der Waals surface area contributed by atoms with Crippen LogP contribution in [0, 0.1) is 6.92 Å². The molecule has 0 radical (unpaired) electrons. The molecule has 0 fully saturated rings. The number of amides is 1. The standard InChI is InChI=1S/C17H13Cl2N3O/c1-10-4-2-7-13(19)16(10)20-17(23)15-9-14(21-22-15)11-5-3-6-12(18)8-11/h2-9H,1H3,(H,20,23)(H,21,22). The van der Waals surface area contributed by atoms with Gasteiger partial charge in [0.2, 0.25) is 0 Å². The van der Waals surface area contributed by atoms with Gasteiger partial charge in [-0.15, -0.1) is 0 Å². The fourth-order valence-corrected chi connectivity index (χ4v) is 2.66. The van der Waals surface area contributed by atoms with Gasteiger partial charge in [-0.1, -0.05) is 47.5 Å². The van der Waals surface area contributed by atoms with Crippen LogP contribution in [-0.4, -0.2) is 16.1 Å². The van der Waals surface area contributed by atoms with E-state index in [1.807, 2.05) is 31.2 Å². The van der Waals surface area contributed by atoms with E-state index in [0.29, 0.717) is 27.1 Å². The first kappa shape index (κ1) is 15.6. The van der Waals surface area contributed by atoms with Crippen LogP contribution in [0.3, 0.4) is 0 Å². The van der Waals surface area contributed by atoms with Crippen molar-refractivity contribution in [2.75, 3.05) is 5.32 Å². The number of aryl methyl sites for hydroxylation is 1. The van der Waals surface area contributed by atoms with Gasteiger partial charge in [0.15, 0.2) is 0 Å². The maximum atomic E-state index is 12.4. The molecule has 0 spiro atoms. The van der Waals surface area contributed by atoms with E-state index in [4.69, 9.17) is 23.2 Å². The molecule has 0 atom stereocenters. The maximum Gasteiger partial charge on any atom is 0.273 e. The Morgan fingerprint density at radius 2 is 1.91 bits per heavy atom. The van der Waals surface area contributed by atoms with E-state index in [2.05, 4.69) is 15.5 Å². The summed E-state index contributed by atoms with van der Waals surface area (Å²) in [6.07, 6.45) is 0. The topological polar surface area (TPSA) is 57.8 Å². The zero-order valence-corrected chi connectivity index (χ0v) is 13.7. The number of benzene rings is 2. The zero-order chi connectivity index (χ0) is 16.4. The number of aromatic amines is 1. The van der Waals surface area contributed by atoms with E-state index in [1.165, 1.54) is 0 Å². The van der Waals surface area contributed by atoms with Crippen LogP contribution in [0.5, 0.6) is 0 Å². The number of carbonyl (C=O) groups excluding carboxylic acids is 1. The largest absolute Gasteiger partial charge is 0.319 e. The van der Waals surface area contributed by atoms with Gasteiger partial charge in [0.25, 0.3) is 5.91 Å². The minimum atomic E-state index is -0.304. The van der Waals surface area contributed by atoms with Crippen LogP contribution in [0.15, 0.2) is 48.5 Å². The predicted octanol–water partition coefficient (Wildman–Crippen LogP) is 4.94. The fourth-order valence-electron chi connectivity index (χ4n) is 2.20. The monoisotopic (exact) mass is 345 g/mol. The molecule has 23 heavy (non-hydrogen) atoms. The third-order valence-corrected chi connectivity index (χ3v) is 3.95. The van der Waals surface area contributed by atoms with Crippen LogP contribution in [-0.2, 0) is 0 Å². The first-order valence-electron chi connectivity index (χ1n) is 6.92. The van der Waals surface area contributed by atoms with Crippen LogP contribution in [0.4, 0.5) is 5.69 Å². The normalized spacial score (nSPS) is 10.6. The molecule has 1 aromatic heterocycles. The molecule has 0 aliphatic carbocycles. The number of hydrogen-bond donors (Lipinski definition) is 2. The van der Waals surface area contributed by atoms with Crippen LogP contribution < -0.4 is 5.32 Å². The van der Waals surface area contributed by atoms with Gasteiger partial charge in [-0.25, -0.2) is 0 Å². The highest BCUT2D eigenvalue weighted by Crippen LogP contribution is 2.26. The smallest absolute Gasteiger partial charge is 0.273 e. The number of rotatable bonds is 3. The van der Waals surface area contributed by atoms with Crippen molar-refractivity contribution < 1.29 is 4.79 Å². The average Bonchev–Trinajstić information content (AvgIpc) is 3.01. The van der Waals surface area contributed by atoms with E-state index < -0.39 is 0 Å². The van der Waals surface area contributed by atoms with Crippen molar-refractivity contribution >= 4 is 34.8 Å². The number of anilines is 1. The number of para-hydroxylation sites is 1. The predicted molar refractivity (Wildman–Crippen MR) is 93.2 cm³/mol. The number of nitrogens with one attached hydrogen (secondary N) is 2. The fraction of sp³-hybridized carbons (Fsp3) is 0.0588. The second kappa shape index (κ2) is 6.44. The Balaban J connectivity index is 1.84. The molecule has 2 N–H and O–H groups in total. The summed E-state index contributed by atoms with van der Waals surface area (Å²) in [5, 5.41) is 10.8. The molecule has 2 aromatic carbocycles. The Kier molecular flexibility index (Phi) is 4.37. The molecule has 0 aliphatic heterocycles. The Morgan fingerprint density at radius 3 is 2.65 bits per heavy atom. The molecule has 1 amide bonds. The summed E-state index contributed by atoms with van der Waals surface area (Å²) in [5.74, 6) is -0.304. The van der Waals surface area contributed by atoms with Gasteiger partial charge < -0.3 is 5.32 Å². The van der Waals surface area contributed by atoms with Crippen LogP contribution >= 0.6 is 23.2 Å². The first-order valence-corrected chi connectivity index (χ1v) is 7.68. The van der Waals surface area contributed by atoms with E-state index in [-0.39, 0.29) is 5.91 Å². The molecule has 0 saturated carbocycles. The Bertz CT molecular complexity index is 854. The van der Waals surface area contributed by atoms with Crippen LogP contribution in [0.2, 0.25) is 10.0 Å². The quantitative estimate of drug-likeness (QED) is 0.705. The molecule has 6 heteroatoms. The summed E-state index contributed by atoms with van der Waals surface area (Å²) >= 11 is 12.1. The van der Waals surface area contributed by atoms with Crippen LogP contribution in [0.1, 0.15) is 16.1 Å². The lowest BCUT2D eigenvalue weighted by molar-refractivity contribution is 0.102. The highest BCUT2D eigenvalue weighted by molar-refractivity contribution is 6.34. The lowest BCUT2D eigenvalue weighted by Gasteiger charge is -2.08. The van der Waals surface area contributed by atoms with E-state index in [9.17, 15) is 4.79 Å². The number of aromatic nitrogens is 2. The molecule has 116 valence electrons. The van der Waals surface area contributed by atoms with Gasteiger partial charge >= 0.3 is 0 Å². The van der Waals surface area contributed by atoms with E-state index in [0.717, 1.165) is 11.1 Å². The van der Waals surface area contributed by atoms with Gasteiger partial charge in [0.05, 0.1) is 16.4 Å². The van der Waals surface area contributed by atoms with Crippen molar-refractivity contribution in [2.24, 2.45) is 0 Å². The minimum absolute atomic E-state index is 0.304. The number of carbonyl (C=O) groups is 1. The Labute approximate surface area is 143 Å². The summed E-state index contributed by atoms with van der Waals surface area (Å²) in [4.78, 5) is 12.4. The highest BCUT2D eigenvalue weighted by atomic mass is 35.5. The third kappa shape index (κ3) is 3.38. The zero-order valence-electron chi connectivity index (χ0n) is 12.2. The Hall–Kier alpha value is -2.30. The first-order chi connectivity index (χ1) is 11.0. The van der Waals surface area contributed by atoms with Crippen molar-refractivity contribution in [3.8, 4) is 11.3 Å². The summed E-state index contributed by atoms with van der Waals surface area (Å²) in [6, 6.07) is 14.4. The molecule has 0 bridgehead atoms. The lowest BCUT2D eigenvalue weighted by atomic mass is 10.1. The number of halogens is 2. The van der Waals surface area contributed by atoms with E-state index in [1.54, 1.807) is 24.3 Å². The van der Waals surface area contributed by atoms with Crippen molar-refractivity contribution in [3.05, 3.63) is 69.8 Å². The van der Waals surface area contributed by atoms with Gasteiger partial charge in [-0.05, 0) is 36.8 Å². The molecule has 1 heterocycles. The summed E-state index contributed by atoms with van der Waals surface area (Å²) in [5.41, 5.74) is 3.31. The number of hydrogen-bond acceptors (Lipinski definition) is 2. The third-order valence-electron chi connectivity index (χ3n) is 3.40. The van der Waals surface area contributed by atoms with E-state index >= 15 is 0 Å². The average molecular weight is 346 g/mol. The van der Waals surface area contributed by atoms with Crippen molar-refractivity contribution in [1.82, 2.24) is 10.2 Å². The SMILES string of the molecule is Cc1cccc(Cl)c1NC(=O)c1cc(-c2cccc(Cl)c2)n[nH]1. The molecular weight excluding hydrogens is 333 g/mol. The molecule has 3 rings (SSSR count). The molecule has 0 aliphatic rings.